The van der Waals surface area contributed by atoms with Crippen LogP contribution in [0.15, 0.2) is 17.1 Å². The molecule has 8 heteroatoms. The van der Waals surface area contributed by atoms with Crippen molar-refractivity contribution in [2.45, 2.75) is 0 Å². The van der Waals surface area contributed by atoms with E-state index in [4.69, 9.17) is 26.8 Å². The quantitative estimate of drug-likeness (QED) is 0.290. The molecule has 0 spiro atoms. The molecule has 18 heavy (non-hydrogen) atoms. The molecule has 0 unspecified atom stereocenters. The molecule has 0 aliphatic rings. The molecule has 0 radical (unpaired) electrons. The van der Waals surface area contributed by atoms with E-state index in [0.717, 1.165) is 0 Å². The summed E-state index contributed by atoms with van der Waals surface area (Å²) in [6.45, 7) is 0. The highest BCUT2D eigenvalue weighted by molar-refractivity contribution is 6.28. The molecule has 0 fully saturated rings. The summed E-state index contributed by atoms with van der Waals surface area (Å²) in [7, 11) is 2.81. The Bertz CT molecular complexity index is 490. The number of amidine groups is 1. The van der Waals surface area contributed by atoms with E-state index in [-0.39, 0.29) is 28.8 Å². The molecular weight excluding hydrogens is 262 g/mol. The number of nitrogens with two attached hydrogens (primary N) is 1. The zero-order valence-corrected chi connectivity index (χ0v) is 10.6. The Kier molecular flexibility index (Phi) is 4.73. The van der Waals surface area contributed by atoms with Gasteiger partial charge in [-0.05, 0) is 0 Å². The van der Waals surface area contributed by atoms with Crippen LogP contribution in [0.4, 0.5) is 11.4 Å². The molecule has 98 valence electrons. The van der Waals surface area contributed by atoms with Crippen molar-refractivity contribution < 1.29 is 14.4 Å². The standard InChI is InChI=1S/C10H12ClN3O4/c1-17-8-3-6(13-10(12)5-11)7(14(15)16)4-9(8)18-2/h3-4H,5H2,1-2H3,(H2,12,13). The maximum Gasteiger partial charge on any atom is 0.298 e. The molecular formula is C10H12ClN3O4. The van der Waals surface area contributed by atoms with Crippen molar-refractivity contribution in [3.8, 4) is 11.5 Å². The number of alkyl halides is 1. The van der Waals surface area contributed by atoms with Crippen molar-refractivity contribution in [1.82, 2.24) is 0 Å². The average molecular weight is 274 g/mol. The summed E-state index contributed by atoms with van der Waals surface area (Å²) in [6.07, 6.45) is 0. The third-order valence-corrected chi connectivity index (χ3v) is 2.35. The second-order valence-corrected chi connectivity index (χ2v) is 3.46. The van der Waals surface area contributed by atoms with Crippen molar-refractivity contribution in [2.75, 3.05) is 20.1 Å². The Labute approximate surface area is 108 Å². The normalized spacial score (nSPS) is 11.2. The fraction of sp³-hybridized carbons (Fsp3) is 0.300. The van der Waals surface area contributed by atoms with Crippen LogP contribution in [0.5, 0.6) is 11.5 Å². The van der Waals surface area contributed by atoms with E-state index < -0.39 is 4.92 Å². The van der Waals surface area contributed by atoms with Gasteiger partial charge in [-0.2, -0.15) is 0 Å². The molecule has 1 aromatic carbocycles. The summed E-state index contributed by atoms with van der Waals surface area (Å²) in [5.41, 5.74) is 5.29. The number of nitro groups is 1. The highest BCUT2D eigenvalue weighted by atomic mass is 35.5. The van der Waals surface area contributed by atoms with Crippen molar-refractivity contribution >= 4 is 28.8 Å². The van der Waals surface area contributed by atoms with Crippen LogP contribution in [0.25, 0.3) is 0 Å². The first-order valence-electron chi connectivity index (χ1n) is 4.82. The number of benzene rings is 1. The lowest BCUT2D eigenvalue weighted by Crippen LogP contribution is -2.12. The van der Waals surface area contributed by atoms with Gasteiger partial charge < -0.3 is 15.2 Å². The summed E-state index contributed by atoms with van der Waals surface area (Å²) >= 11 is 5.48. The van der Waals surface area contributed by atoms with Crippen LogP contribution < -0.4 is 15.2 Å². The lowest BCUT2D eigenvalue weighted by molar-refractivity contribution is -0.384. The van der Waals surface area contributed by atoms with Gasteiger partial charge in [-0.15, -0.1) is 11.6 Å². The number of methoxy groups -OCH3 is 2. The molecule has 0 bridgehead atoms. The highest BCUT2D eigenvalue weighted by Crippen LogP contribution is 2.39. The van der Waals surface area contributed by atoms with E-state index in [9.17, 15) is 10.1 Å². The fourth-order valence-electron chi connectivity index (χ4n) is 1.28. The van der Waals surface area contributed by atoms with Gasteiger partial charge in [0.2, 0.25) is 0 Å². The number of hydrogen-bond acceptors (Lipinski definition) is 5. The van der Waals surface area contributed by atoms with E-state index in [1.807, 2.05) is 0 Å². The molecule has 7 nitrogen and oxygen atoms in total. The van der Waals surface area contributed by atoms with Crippen LogP contribution in [-0.4, -0.2) is 30.9 Å². The summed E-state index contributed by atoms with van der Waals surface area (Å²) < 4.78 is 10.0. The minimum Gasteiger partial charge on any atom is -0.493 e. The average Bonchev–Trinajstić information content (AvgIpc) is 2.37. The molecule has 0 aliphatic heterocycles. The van der Waals surface area contributed by atoms with Gasteiger partial charge >= 0.3 is 0 Å². The molecule has 1 rings (SSSR count). The predicted molar refractivity (Wildman–Crippen MR) is 68.2 cm³/mol. The fourth-order valence-corrected chi connectivity index (χ4v) is 1.34. The Morgan fingerprint density at radius 3 is 2.44 bits per heavy atom. The summed E-state index contributed by atoms with van der Waals surface area (Å²) in [5.74, 6) is 0.620. The maximum atomic E-state index is 10.9. The zero-order valence-electron chi connectivity index (χ0n) is 9.84. The van der Waals surface area contributed by atoms with Crippen molar-refractivity contribution in [3.05, 3.63) is 22.2 Å². The van der Waals surface area contributed by atoms with Crippen molar-refractivity contribution in [2.24, 2.45) is 10.7 Å². The summed E-state index contributed by atoms with van der Waals surface area (Å²) in [5, 5.41) is 10.9. The Morgan fingerprint density at radius 2 is 2.00 bits per heavy atom. The van der Waals surface area contributed by atoms with Gasteiger partial charge in [0, 0.05) is 6.07 Å². The lowest BCUT2D eigenvalue weighted by Gasteiger charge is -2.08. The van der Waals surface area contributed by atoms with Gasteiger partial charge in [0.1, 0.15) is 11.5 Å². The van der Waals surface area contributed by atoms with Gasteiger partial charge in [0.05, 0.1) is 31.1 Å². The second-order valence-electron chi connectivity index (χ2n) is 3.19. The molecule has 0 amide bonds. The molecule has 0 saturated heterocycles. The minimum absolute atomic E-state index is 0.0223. The largest absolute Gasteiger partial charge is 0.493 e. The zero-order chi connectivity index (χ0) is 13.7. The Hall–Kier alpha value is -2.02. The van der Waals surface area contributed by atoms with Gasteiger partial charge in [-0.25, -0.2) is 4.99 Å². The van der Waals surface area contributed by atoms with Crippen LogP contribution in [0.2, 0.25) is 0 Å². The van der Waals surface area contributed by atoms with Crippen LogP contribution in [0.3, 0.4) is 0 Å². The van der Waals surface area contributed by atoms with E-state index in [1.165, 1.54) is 26.4 Å². The summed E-state index contributed by atoms with van der Waals surface area (Å²) in [6, 6.07) is 2.59. The number of rotatable bonds is 5. The van der Waals surface area contributed by atoms with Gasteiger partial charge in [0.25, 0.3) is 5.69 Å². The number of nitrogens with zero attached hydrogens (tertiary/aromatic N) is 2. The third-order valence-electron chi connectivity index (χ3n) is 2.08. The third kappa shape index (κ3) is 3.01. The molecule has 2 N–H and O–H groups in total. The monoisotopic (exact) mass is 273 g/mol. The number of aliphatic imine (C=N–C) groups is 1. The van der Waals surface area contributed by atoms with Crippen LogP contribution in [0.1, 0.15) is 0 Å². The van der Waals surface area contributed by atoms with Gasteiger partial charge in [-0.3, -0.25) is 10.1 Å². The molecule has 0 aliphatic carbocycles. The van der Waals surface area contributed by atoms with E-state index in [0.29, 0.717) is 5.75 Å². The van der Waals surface area contributed by atoms with E-state index >= 15 is 0 Å². The minimum atomic E-state index is -0.581. The highest BCUT2D eigenvalue weighted by Gasteiger charge is 2.19. The second kappa shape index (κ2) is 6.06. The first-order chi connectivity index (χ1) is 8.53. The molecule has 0 atom stereocenters. The number of halogens is 1. The smallest absolute Gasteiger partial charge is 0.298 e. The SMILES string of the molecule is COc1cc(N=C(N)CCl)c([N+](=O)[O-])cc1OC. The maximum absolute atomic E-state index is 10.9. The Morgan fingerprint density at radius 1 is 1.44 bits per heavy atom. The van der Waals surface area contributed by atoms with Crippen LogP contribution >= 0.6 is 11.6 Å². The first kappa shape index (κ1) is 14.0. The number of ether oxygens (including phenoxy) is 2. The van der Waals surface area contributed by atoms with Gasteiger partial charge in [0.15, 0.2) is 11.5 Å². The van der Waals surface area contributed by atoms with Crippen molar-refractivity contribution in [1.29, 1.82) is 0 Å². The Balaban J connectivity index is 3.43. The summed E-state index contributed by atoms with van der Waals surface area (Å²) in [4.78, 5) is 14.2. The topological polar surface area (TPSA) is 100.0 Å². The predicted octanol–water partition coefficient (Wildman–Crippen LogP) is 1.84. The number of hydrogen-bond donors (Lipinski definition) is 1. The van der Waals surface area contributed by atoms with Gasteiger partial charge in [-0.1, -0.05) is 0 Å². The molecule has 0 saturated carbocycles. The van der Waals surface area contributed by atoms with Crippen LogP contribution in [0, 0.1) is 10.1 Å². The first-order valence-corrected chi connectivity index (χ1v) is 5.36. The molecule has 1 aromatic rings. The van der Waals surface area contributed by atoms with E-state index in [2.05, 4.69) is 4.99 Å². The van der Waals surface area contributed by atoms with Crippen LogP contribution in [-0.2, 0) is 0 Å². The van der Waals surface area contributed by atoms with Crippen molar-refractivity contribution in [3.63, 3.8) is 0 Å². The molecule has 0 heterocycles. The lowest BCUT2D eigenvalue weighted by atomic mass is 10.2. The molecule has 0 aromatic heterocycles. The van der Waals surface area contributed by atoms with E-state index in [1.54, 1.807) is 0 Å². The number of nitro benzene ring substituents is 1.